The third-order valence-corrected chi connectivity index (χ3v) is 4.82. The molecule has 0 aromatic carbocycles. The number of hydrogen-bond donors (Lipinski definition) is 1. The Bertz CT molecular complexity index is 778. The molecular weight excluding hydrogens is 290 g/mol. The lowest BCUT2D eigenvalue weighted by atomic mass is 10.2. The van der Waals surface area contributed by atoms with E-state index >= 15 is 0 Å². The largest absolute Gasteiger partial charge is 0.328 e. The van der Waals surface area contributed by atoms with Gasteiger partial charge in [0.15, 0.2) is 10.4 Å². The summed E-state index contributed by atoms with van der Waals surface area (Å²) in [5.74, 6) is 0.334. The number of rotatable bonds is 4. The van der Waals surface area contributed by atoms with Gasteiger partial charge in [0.25, 0.3) is 0 Å². The molecule has 106 valence electrons. The summed E-state index contributed by atoms with van der Waals surface area (Å²) in [6.07, 6.45) is 2.75. The van der Waals surface area contributed by atoms with E-state index in [1.807, 2.05) is 23.3 Å². The van der Waals surface area contributed by atoms with Crippen LogP contribution >= 0.6 is 23.6 Å². The number of aryl methyl sites for hydroxylation is 2. The summed E-state index contributed by atoms with van der Waals surface area (Å²) < 4.78 is 4.80. The molecule has 0 aliphatic carbocycles. The molecule has 3 aromatic rings. The van der Waals surface area contributed by atoms with E-state index in [0.717, 1.165) is 39.6 Å². The number of nitrogens with zero attached hydrogens (tertiary/aromatic N) is 4. The van der Waals surface area contributed by atoms with Gasteiger partial charge >= 0.3 is 0 Å². The molecule has 20 heavy (non-hydrogen) atoms. The number of fused-ring (bicyclic) bond motifs is 1. The molecule has 3 heterocycles. The molecule has 1 unspecified atom stereocenters. The van der Waals surface area contributed by atoms with E-state index in [1.165, 1.54) is 0 Å². The summed E-state index contributed by atoms with van der Waals surface area (Å²) in [7, 11) is 1.97. The van der Waals surface area contributed by atoms with Gasteiger partial charge in [-0.05, 0) is 18.6 Å². The van der Waals surface area contributed by atoms with Crippen LogP contribution in [0.15, 0.2) is 11.6 Å². The molecule has 0 aliphatic rings. The predicted octanol–water partition coefficient (Wildman–Crippen LogP) is 3.25. The molecule has 3 rings (SSSR count). The molecular formula is C13H17N5S2. The lowest BCUT2D eigenvalue weighted by Crippen LogP contribution is -2.08. The maximum absolute atomic E-state index is 5.47. The molecule has 7 heteroatoms. The SMILES string of the molecule is CCc1nn(C)c2c1[nH]c(=S)n2CC(C)c1nccs1. The first-order valence-electron chi connectivity index (χ1n) is 6.65. The minimum atomic E-state index is 0.334. The lowest BCUT2D eigenvalue weighted by molar-refractivity contribution is 0.585. The van der Waals surface area contributed by atoms with E-state index in [0.29, 0.717) is 5.92 Å². The Kier molecular flexibility index (Phi) is 3.47. The fourth-order valence-corrected chi connectivity index (χ4v) is 3.48. The molecule has 0 aliphatic heterocycles. The van der Waals surface area contributed by atoms with Gasteiger partial charge in [-0.15, -0.1) is 11.3 Å². The summed E-state index contributed by atoms with van der Waals surface area (Å²) in [4.78, 5) is 7.68. The second-order valence-corrected chi connectivity index (χ2v) is 6.25. The van der Waals surface area contributed by atoms with Crippen LogP contribution in [0.5, 0.6) is 0 Å². The zero-order valence-electron chi connectivity index (χ0n) is 11.8. The zero-order chi connectivity index (χ0) is 14.3. The van der Waals surface area contributed by atoms with Gasteiger partial charge in [-0.1, -0.05) is 13.8 Å². The highest BCUT2D eigenvalue weighted by Crippen LogP contribution is 2.24. The van der Waals surface area contributed by atoms with Crippen LogP contribution in [0, 0.1) is 4.77 Å². The summed E-state index contributed by atoms with van der Waals surface area (Å²) in [6.45, 7) is 5.10. The van der Waals surface area contributed by atoms with E-state index in [1.54, 1.807) is 11.3 Å². The molecule has 0 fully saturated rings. The van der Waals surface area contributed by atoms with Crippen LogP contribution < -0.4 is 0 Å². The topological polar surface area (TPSA) is 51.4 Å². The zero-order valence-corrected chi connectivity index (χ0v) is 13.4. The molecule has 3 aromatic heterocycles. The Morgan fingerprint density at radius 3 is 2.95 bits per heavy atom. The standard InChI is InChI=1S/C13H17N5S2/c1-4-9-10-12(17(3)16-9)18(13(19)15-10)7-8(2)11-14-5-6-20-11/h5-6,8H,4,7H2,1-3H3,(H,15,19). The van der Waals surface area contributed by atoms with Gasteiger partial charge in [0, 0.05) is 31.1 Å². The Balaban J connectivity index is 2.05. The van der Waals surface area contributed by atoms with E-state index in [9.17, 15) is 0 Å². The number of H-pyrrole nitrogens is 1. The van der Waals surface area contributed by atoms with E-state index in [4.69, 9.17) is 12.2 Å². The van der Waals surface area contributed by atoms with Crippen molar-refractivity contribution >= 4 is 34.7 Å². The normalized spacial score (nSPS) is 13.2. The average Bonchev–Trinajstić information content (AvgIpc) is 3.10. The highest BCUT2D eigenvalue weighted by Gasteiger charge is 2.17. The van der Waals surface area contributed by atoms with E-state index < -0.39 is 0 Å². The molecule has 5 nitrogen and oxygen atoms in total. The highest BCUT2D eigenvalue weighted by atomic mass is 32.1. The fourth-order valence-electron chi connectivity index (χ4n) is 2.52. The molecule has 0 saturated carbocycles. The fraction of sp³-hybridized carbons (Fsp3) is 0.462. The molecule has 0 radical (unpaired) electrons. The first-order valence-corrected chi connectivity index (χ1v) is 7.94. The molecule has 0 spiro atoms. The minimum absolute atomic E-state index is 0.334. The van der Waals surface area contributed by atoms with Crippen LogP contribution in [0.25, 0.3) is 11.2 Å². The van der Waals surface area contributed by atoms with Gasteiger partial charge in [0.2, 0.25) is 0 Å². The number of hydrogen-bond acceptors (Lipinski definition) is 4. The van der Waals surface area contributed by atoms with Crippen molar-refractivity contribution in [3.8, 4) is 0 Å². The Morgan fingerprint density at radius 2 is 2.30 bits per heavy atom. The summed E-state index contributed by atoms with van der Waals surface area (Å²) in [5, 5.41) is 7.69. The lowest BCUT2D eigenvalue weighted by Gasteiger charge is -2.10. The van der Waals surface area contributed by atoms with Crippen LogP contribution in [0.3, 0.4) is 0 Å². The van der Waals surface area contributed by atoms with Crippen molar-refractivity contribution in [2.75, 3.05) is 0 Å². The van der Waals surface area contributed by atoms with E-state index in [2.05, 4.69) is 33.5 Å². The Hall–Kier alpha value is -1.47. The highest BCUT2D eigenvalue weighted by molar-refractivity contribution is 7.71. The smallest absolute Gasteiger partial charge is 0.179 e. The second kappa shape index (κ2) is 5.14. The summed E-state index contributed by atoms with van der Waals surface area (Å²) in [5.41, 5.74) is 3.19. The van der Waals surface area contributed by atoms with Crippen molar-refractivity contribution in [3.63, 3.8) is 0 Å². The summed E-state index contributed by atoms with van der Waals surface area (Å²) >= 11 is 7.16. The Labute approximate surface area is 126 Å². The minimum Gasteiger partial charge on any atom is -0.328 e. The van der Waals surface area contributed by atoms with Gasteiger partial charge in [-0.25, -0.2) is 4.98 Å². The van der Waals surface area contributed by atoms with Crippen molar-refractivity contribution in [2.45, 2.75) is 32.7 Å². The second-order valence-electron chi connectivity index (χ2n) is 4.93. The Morgan fingerprint density at radius 1 is 1.50 bits per heavy atom. The number of thiazole rings is 1. The first-order chi connectivity index (χ1) is 9.61. The van der Waals surface area contributed by atoms with Gasteiger partial charge in [0.05, 0.1) is 10.7 Å². The van der Waals surface area contributed by atoms with Crippen molar-refractivity contribution in [3.05, 3.63) is 27.0 Å². The molecule has 0 amide bonds. The van der Waals surface area contributed by atoms with Crippen molar-refractivity contribution in [2.24, 2.45) is 7.05 Å². The summed E-state index contributed by atoms with van der Waals surface area (Å²) in [6, 6.07) is 0. The van der Waals surface area contributed by atoms with Crippen LogP contribution in [-0.4, -0.2) is 24.3 Å². The number of aromatic nitrogens is 5. The van der Waals surface area contributed by atoms with Crippen LogP contribution in [0.4, 0.5) is 0 Å². The number of imidazole rings is 1. The predicted molar refractivity (Wildman–Crippen MR) is 83.8 cm³/mol. The van der Waals surface area contributed by atoms with Crippen molar-refractivity contribution in [1.29, 1.82) is 0 Å². The average molecular weight is 307 g/mol. The quantitative estimate of drug-likeness (QED) is 0.753. The maximum atomic E-state index is 5.47. The van der Waals surface area contributed by atoms with Crippen LogP contribution in [0.2, 0.25) is 0 Å². The van der Waals surface area contributed by atoms with Crippen molar-refractivity contribution < 1.29 is 0 Å². The van der Waals surface area contributed by atoms with Gasteiger partial charge < -0.3 is 9.55 Å². The van der Waals surface area contributed by atoms with Gasteiger partial charge in [-0.3, -0.25) is 4.68 Å². The third kappa shape index (κ3) is 2.10. The molecule has 1 N–H and O–H groups in total. The number of aromatic amines is 1. The van der Waals surface area contributed by atoms with Crippen LogP contribution in [-0.2, 0) is 20.0 Å². The van der Waals surface area contributed by atoms with Crippen molar-refractivity contribution in [1.82, 2.24) is 24.3 Å². The maximum Gasteiger partial charge on any atom is 0.179 e. The molecule has 0 saturated heterocycles. The molecule has 0 bridgehead atoms. The van der Waals surface area contributed by atoms with Gasteiger partial charge in [-0.2, -0.15) is 5.10 Å². The van der Waals surface area contributed by atoms with Crippen LogP contribution in [0.1, 0.15) is 30.5 Å². The van der Waals surface area contributed by atoms with Gasteiger partial charge in [0.1, 0.15) is 5.52 Å². The monoisotopic (exact) mass is 307 g/mol. The van der Waals surface area contributed by atoms with E-state index in [-0.39, 0.29) is 0 Å². The molecule has 1 atom stereocenters. The first kappa shape index (κ1) is 13.5. The third-order valence-electron chi connectivity index (χ3n) is 3.49. The number of nitrogens with one attached hydrogen (secondary N) is 1.